The average molecular weight is 201 g/mol. The molecular weight excluding hydrogens is 182 g/mol. The summed E-state index contributed by atoms with van der Waals surface area (Å²) in [5, 5.41) is 8.03. The minimum Gasteiger partial charge on any atom is -0.355 e. The summed E-state index contributed by atoms with van der Waals surface area (Å²) in [5.74, 6) is -0.338. The monoisotopic (exact) mass is 201 g/mol. The third-order valence-corrected chi connectivity index (χ3v) is 1.93. The van der Waals surface area contributed by atoms with Gasteiger partial charge in [0.2, 0.25) is 11.8 Å². The van der Waals surface area contributed by atoms with Gasteiger partial charge in [-0.1, -0.05) is 0 Å². The van der Waals surface area contributed by atoms with E-state index in [4.69, 9.17) is 0 Å². The summed E-state index contributed by atoms with van der Waals surface area (Å²) < 4.78 is 0. The highest BCUT2D eigenvalue weighted by Gasteiger charge is 2.17. The Morgan fingerprint density at radius 1 is 1.14 bits per heavy atom. The quantitative estimate of drug-likeness (QED) is 0.547. The lowest BCUT2D eigenvalue weighted by Gasteiger charge is -2.16. The van der Waals surface area contributed by atoms with Crippen LogP contribution >= 0.6 is 0 Å². The summed E-state index contributed by atoms with van der Waals surface area (Å²) in [4.78, 5) is 22.6. The van der Waals surface area contributed by atoms with E-state index < -0.39 is 6.04 Å². The number of hydrogen-bond acceptors (Lipinski definition) is 3. The van der Waals surface area contributed by atoms with Crippen LogP contribution in [0.1, 0.15) is 20.8 Å². The zero-order valence-electron chi connectivity index (χ0n) is 9.18. The fraction of sp³-hybridized carbons (Fsp3) is 0.778. The van der Waals surface area contributed by atoms with Crippen molar-refractivity contribution in [3.05, 3.63) is 0 Å². The second kappa shape index (κ2) is 6.37. The van der Waals surface area contributed by atoms with Crippen molar-refractivity contribution in [2.45, 2.75) is 32.9 Å². The second-order valence-corrected chi connectivity index (χ2v) is 3.14. The summed E-state index contributed by atoms with van der Waals surface area (Å²) in [6.45, 7) is 5.80. The number of hydrogen-bond donors (Lipinski definition) is 3. The van der Waals surface area contributed by atoms with Crippen LogP contribution in [0.2, 0.25) is 0 Å². The van der Waals surface area contributed by atoms with E-state index in [1.54, 1.807) is 20.9 Å². The number of rotatable bonds is 5. The van der Waals surface area contributed by atoms with Crippen LogP contribution in [0.15, 0.2) is 0 Å². The lowest BCUT2D eigenvalue weighted by atomic mass is 10.2. The first-order chi connectivity index (χ1) is 6.52. The topological polar surface area (TPSA) is 70.2 Å². The van der Waals surface area contributed by atoms with E-state index in [1.807, 2.05) is 6.92 Å². The van der Waals surface area contributed by atoms with Crippen LogP contribution < -0.4 is 16.0 Å². The molecule has 0 aliphatic rings. The van der Waals surface area contributed by atoms with Gasteiger partial charge in [0.25, 0.3) is 0 Å². The van der Waals surface area contributed by atoms with Crippen LogP contribution in [-0.2, 0) is 9.59 Å². The molecule has 0 radical (unpaired) electrons. The molecule has 5 heteroatoms. The Morgan fingerprint density at radius 2 is 1.71 bits per heavy atom. The second-order valence-electron chi connectivity index (χ2n) is 3.14. The summed E-state index contributed by atoms with van der Waals surface area (Å²) in [6.07, 6.45) is 0. The molecule has 82 valence electrons. The van der Waals surface area contributed by atoms with Crippen LogP contribution in [-0.4, -0.2) is 37.5 Å². The fourth-order valence-corrected chi connectivity index (χ4v) is 0.862. The largest absolute Gasteiger partial charge is 0.355 e. The third kappa shape index (κ3) is 4.23. The zero-order chi connectivity index (χ0) is 11.1. The number of nitrogens with one attached hydrogen (secondary N) is 3. The van der Waals surface area contributed by atoms with Crippen molar-refractivity contribution >= 4 is 11.8 Å². The minimum atomic E-state index is -0.488. The van der Waals surface area contributed by atoms with Crippen molar-refractivity contribution < 1.29 is 9.59 Å². The van der Waals surface area contributed by atoms with E-state index in [1.165, 1.54) is 0 Å². The van der Waals surface area contributed by atoms with Gasteiger partial charge in [-0.3, -0.25) is 9.59 Å². The van der Waals surface area contributed by atoms with Gasteiger partial charge in [-0.15, -0.1) is 0 Å². The number of likely N-dealkylation sites (N-methyl/N-ethyl adjacent to an activating group) is 2. The van der Waals surface area contributed by atoms with E-state index in [2.05, 4.69) is 16.0 Å². The Morgan fingerprint density at radius 3 is 2.14 bits per heavy atom. The molecule has 14 heavy (non-hydrogen) atoms. The Bertz CT molecular complexity index is 206. The maximum atomic E-state index is 11.3. The Balaban J connectivity index is 3.99. The molecule has 0 rings (SSSR count). The van der Waals surface area contributed by atoms with Gasteiger partial charge in [0.15, 0.2) is 0 Å². The van der Waals surface area contributed by atoms with Crippen molar-refractivity contribution in [2.24, 2.45) is 0 Å². The highest BCUT2D eigenvalue weighted by Crippen LogP contribution is 1.86. The van der Waals surface area contributed by atoms with Crippen molar-refractivity contribution in [3.8, 4) is 0 Å². The molecule has 2 amide bonds. The van der Waals surface area contributed by atoms with Crippen LogP contribution in [0.25, 0.3) is 0 Å². The van der Waals surface area contributed by atoms with Crippen LogP contribution in [0, 0.1) is 0 Å². The Labute approximate surface area is 84.6 Å². The molecule has 2 unspecified atom stereocenters. The minimum absolute atomic E-state index is 0.163. The third-order valence-electron chi connectivity index (χ3n) is 1.93. The molecule has 5 nitrogen and oxygen atoms in total. The zero-order valence-corrected chi connectivity index (χ0v) is 9.18. The molecule has 0 aliphatic carbocycles. The van der Waals surface area contributed by atoms with E-state index in [0.29, 0.717) is 6.54 Å². The predicted molar refractivity (Wildman–Crippen MR) is 54.8 cm³/mol. The van der Waals surface area contributed by atoms with Crippen molar-refractivity contribution in [1.29, 1.82) is 0 Å². The average Bonchev–Trinajstić information content (AvgIpc) is 2.16. The predicted octanol–water partition coefficient (Wildman–Crippen LogP) is -0.765. The molecule has 0 spiro atoms. The van der Waals surface area contributed by atoms with Gasteiger partial charge >= 0.3 is 0 Å². The Hall–Kier alpha value is -1.10. The molecule has 2 atom stereocenters. The fourth-order valence-electron chi connectivity index (χ4n) is 0.862. The van der Waals surface area contributed by atoms with E-state index in [-0.39, 0.29) is 17.9 Å². The highest BCUT2D eigenvalue weighted by atomic mass is 16.2. The number of carbonyl (C=O) groups excluding carboxylic acids is 2. The first kappa shape index (κ1) is 12.9. The Kier molecular flexibility index (Phi) is 5.87. The van der Waals surface area contributed by atoms with Crippen molar-refractivity contribution in [1.82, 2.24) is 16.0 Å². The molecule has 0 saturated heterocycles. The van der Waals surface area contributed by atoms with E-state index in [0.717, 1.165) is 0 Å². The lowest BCUT2D eigenvalue weighted by Crippen LogP contribution is -2.50. The van der Waals surface area contributed by atoms with Crippen molar-refractivity contribution in [3.63, 3.8) is 0 Å². The lowest BCUT2D eigenvalue weighted by molar-refractivity contribution is -0.129. The van der Waals surface area contributed by atoms with Gasteiger partial charge in [-0.05, 0) is 27.8 Å². The first-order valence-electron chi connectivity index (χ1n) is 4.78. The summed E-state index contributed by atoms with van der Waals surface area (Å²) in [6, 6.07) is -0.773. The van der Waals surface area contributed by atoms with Gasteiger partial charge in [-0.2, -0.15) is 0 Å². The highest BCUT2D eigenvalue weighted by molar-refractivity contribution is 5.89. The molecule has 0 saturated carbocycles. The summed E-state index contributed by atoms with van der Waals surface area (Å²) >= 11 is 0. The van der Waals surface area contributed by atoms with E-state index in [9.17, 15) is 9.59 Å². The molecule has 0 aliphatic heterocycles. The number of carbonyl (C=O) groups is 2. The standard InChI is InChI=1S/C9H19N3O2/c1-5-11-8(13)7(3)12-9(14)6(2)10-4/h6-7,10H,5H2,1-4H3,(H,11,13)(H,12,14). The molecule has 0 aromatic rings. The molecule has 0 heterocycles. The van der Waals surface area contributed by atoms with Gasteiger partial charge < -0.3 is 16.0 Å². The molecule has 0 bridgehead atoms. The SMILES string of the molecule is CCNC(=O)C(C)NC(=O)C(C)NC. The molecule has 0 aromatic carbocycles. The van der Waals surface area contributed by atoms with Gasteiger partial charge in [0, 0.05) is 6.54 Å². The first-order valence-corrected chi connectivity index (χ1v) is 4.78. The van der Waals surface area contributed by atoms with E-state index >= 15 is 0 Å². The molecule has 0 aromatic heterocycles. The molecule has 0 fully saturated rings. The summed E-state index contributed by atoms with van der Waals surface area (Å²) in [7, 11) is 1.70. The van der Waals surface area contributed by atoms with Gasteiger partial charge in [0.1, 0.15) is 6.04 Å². The maximum absolute atomic E-state index is 11.3. The van der Waals surface area contributed by atoms with Crippen molar-refractivity contribution in [2.75, 3.05) is 13.6 Å². The molecule has 3 N–H and O–H groups in total. The molecular formula is C9H19N3O2. The maximum Gasteiger partial charge on any atom is 0.242 e. The van der Waals surface area contributed by atoms with Crippen LogP contribution in [0.5, 0.6) is 0 Å². The van der Waals surface area contributed by atoms with Gasteiger partial charge in [0.05, 0.1) is 6.04 Å². The van der Waals surface area contributed by atoms with Crippen LogP contribution in [0.4, 0.5) is 0 Å². The smallest absolute Gasteiger partial charge is 0.242 e. The van der Waals surface area contributed by atoms with Crippen LogP contribution in [0.3, 0.4) is 0 Å². The summed E-state index contributed by atoms with van der Waals surface area (Å²) in [5.41, 5.74) is 0. The number of amides is 2. The normalized spacial score (nSPS) is 14.3. The van der Waals surface area contributed by atoms with Gasteiger partial charge in [-0.25, -0.2) is 0 Å².